The van der Waals surface area contributed by atoms with Gasteiger partial charge in [0.25, 0.3) is 5.56 Å². The van der Waals surface area contributed by atoms with Crippen molar-refractivity contribution in [3.8, 4) is 11.4 Å². The molecule has 0 fully saturated rings. The summed E-state index contributed by atoms with van der Waals surface area (Å²) in [6.07, 6.45) is 0. The maximum absolute atomic E-state index is 14.6. The van der Waals surface area contributed by atoms with Gasteiger partial charge in [0.2, 0.25) is 5.78 Å². The van der Waals surface area contributed by atoms with Crippen LogP contribution in [0.1, 0.15) is 5.56 Å². The summed E-state index contributed by atoms with van der Waals surface area (Å²) >= 11 is 6.23. The van der Waals surface area contributed by atoms with Gasteiger partial charge in [0.1, 0.15) is 11.6 Å². The predicted octanol–water partition coefficient (Wildman–Crippen LogP) is 2.72. The third kappa shape index (κ3) is 2.87. The maximum atomic E-state index is 14.6. The van der Waals surface area contributed by atoms with Crippen LogP contribution in [0.2, 0.25) is 5.02 Å². The molecule has 3 aromatic heterocycles. The monoisotopic (exact) mass is 442 g/mol. The molecule has 0 aliphatic carbocycles. The van der Waals surface area contributed by atoms with E-state index >= 15 is 0 Å². The molecule has 156 valence electrons. The van der Waals surface area contributed by atoms with Crippen molar-refractivity contribution in [1.29, 1.82) is 0 Å². The minimum Gasteiger partial charge on any atom is -0.298 e. The molecule has 0 spiro atoms. The van der Waals surface area contributed by atoms with Crippen molar-refractivity contribution < 1.29 is 8.78 Å². The number of halogens is 3. The Kier molecular flexibility index (Phi) is 4.26. The SMILES string of the molecule is Cn1c(=O)[nH]c(=O)c2c1n1c(-c3c(F)cccc3Cl)nnc1n2Cc1ccc(F)cc1. The normalized spacial score (nSPS) is 11.6. The highest BCUT2D eigenvalue weighted by molar-refractivity contribution is 6.33. The topological polar surface area (TPSA) is 90.0 Å². The molecule has 0 aliphatic heterocycles. The zero-order chi connectivity index (χ0) is 21.9. The Balaban J connectivity index is 1.91. The molecule has 31 heavy (non-hydrogen) atoms. The zero-order valence-electron chi connectivity index (χ0n) is 15.9. The molecule has 0 unspecified atom stereocenters. The van der Waals surface area contributed by atoms with Gasteiger partial charge in [-0.2, -0.15) is 0 Å². The summed E-state index contributed by atoms with van der Waals surface area (Å²) in [6.45, 7) is 0.137. The van der Waals surface area contributed by atoms with Crippen LogP contribution in [-0.2, 0) is 13.6 Å². The molecule has 8 nitrogen and oxygen atoms in total. The number of imidazole rings is 1. The molecule has 11 heteroatoms. The van der Waals surface area contributed by atoms with Crippen molar-refractivity contribution >= 4 is 28.5 Å². The zero-order valence-corrected chi connectivity index (χ0v) is 16.7. The first-order valence-electron chi connectivity index (χ1n) is 9.12. The minimum atomic E-state index is -0.655. The number of fused-ring (bicyclic) bond motifs is 3. The van der Waals surface area contributed by atoms with Crippen LogP contribution >= 0.6 is 11.6 Å². The van der Waals surface area contributed by atoms with Gasteiger partial charge < -0.3 is 0 Å². The summed E-state index contributed by atoms with van der Waals surface area (Å²) < 4.78 is 32.1. The van der Waals surface area contributed by atoms with E-state index in [1.165, 1.54) is 50.9 Å². The average molecular weight is 443 g/mol. The second kappa shape index (κ2) is 6.88. The Bertz CT molecular complexity index is 1580. The van der Waals surface area contributed by atoms with E-state index in [-0.39, 0.29) is 39.9 Å². The quantitative estimate of drug-likeness (QED) is 0.465. The van der Waals surface area contributed by atoms with E-state index in [9.17, 15) is 18.4 Å². The van der Waals surface area contributed by atoms with Gasteiger partial charge in [-0.15, -0.1) is 10.2 Å². The van der Waals surface area contributed by atoms with Gasteiger partial charge in [-0.3, -0.25) is 18.9 Å². The van der Waals surface area contributed by atoms with E-state index < -0.39 is 22.9 Å². The standard InChI is InChI=1S/C20H13ClF2N6O2/c1-27-18-15(17(30)24-20(27)31)28(9-10-5-7-11(22)8-6-10)19-26-25-16(29(18)19)14-12(21)3-2-4-13(14)23/h2-8H,9H2,1H3,(H,24,30,31). The fraction of sp³-hybridized carbons (Fsp3) is 0.100. The number of aromatic nitrogens is 6. The highest BCUT2D eigenvalue weighted by Gasteiger charge is 2.25. The summed E-state index contributed by atoms with van der Waals surface area (Å²) in [5.41, 5.74) is -0.322. The summed E-state index contributed by atoms with van der Waals surface area (Å²) in [6, 6.07) is 9.92. The molecule has 5 aromatic rings. The maximum Gasteiger partial charge on any atom is 0.329 e. The van der Waals surface area contributed by atoms with Gasteiger partial charge in [-0.05, 0) is 29.8 Å². The van der Waals surface area contributed by atoms with Crippen LogP contribution in [0.5, 0.6) is 0 Å². The Hall–Kier alpha value is -3.79. The lowest BCUT2D eigenvalue weighted by atomic mass is 10.2. The lowest BCUT2D eigenvalue weighted by Crippen LogP contribution is -2.29. The van der Waals surface area contributed by atoms with Gasteiger partial charge >= 0.3 is 5.69 Å². The Morgan fingerprint density at radius 2 is 1.81 bits per heavy atom. The summed E-state index contributed by atoms with van der Waals surface area (Å²) in [7, 11) is 1.47. The van der Waals surface area contributed by atoms with Crippen LogP contribution in [0.15, 0.2) is 52.1 Å². The molecule has 0 radical (unpaired) electrons. The number of aromatic amines is 1. The minimum absolute atomic E-state index is 0.00905. The molecule has 0 bridgehead atoms. The Labute approximate surface area is 177 Å². The van der Waals surface area contributed by atoms with Crippen LogP contribution in [0.3, 0.4) is 0 Å². The summed E-state index contributed by atoms with van der Waals surface area (Å²) in [4.78, 5) is 27.3. The van der Waals surface area contributed by atoms with Crippen molar-refractivity contribution in [2.75, 3.05) is 0 Å². The first-order valence-corrected chi connectivity index (χ1v) is 9.50. The molecule has 0 atom stereocenters. The molecule has 0 saturated heterocycles. The van der Waals surface area contributed by atoms with Crippen molar-refractivity contribution in [1.82, 2.24) is 28.7 Å². The van der Waals surface area contributed by atoms with Crippen molar-refractivity contribution in [3.63, 3.8) is 0 Å². The van der Waals surface area contributed by atoms with E-state index in [2.05, 4.69) is 15.2 Å². The van der Waals surface area contributed by atoms with E-state index in [4.69, 9.17) is 11.6 Å². The lowest BCUT2D eigenvalue weighted by Gasteiger charge is -2.06. The second-order valence-corrected chi connectivity index (χ2v) is 7.37. The molecule has 2 aromatic carbocycles. The molecular formula is C20H13ClF2N6O2. The molecule has 0 saturated carbocycles. The fourth-order valence-electron chi connectivity index (χ4n) is 3.64. The van der Waals surface area contributed by atoms with E-state index in [1.54, 1.807) is 12.1 Å². The number of rotatable bonds is 3. The third-order valence-electron chi connectivity index (χ3n) is 5.08. The third-order valence-corrected chi connectivity index (χ3v) is 5.39. The fourth-order valence-corrected chi connectivity index (χ4v) is 3.88. The van der Waals surface area contributed by atoms with Gasteiger partial charge in [-0.25, -0.2) is 18.0 Å². The molecule has 0 aliphatic rings. The van der Waals surface area contributed by atoms with E-state index in [0.717, 1.165) is 0 Å². The predicted molar refractivity (Wildman–Crippen MR) is 110 cm³/mol. The summed E-state index contributed by atoms with van der Waals surface area (Å²) in [5.74, 6) is -0.788. The first-order chi connectivity index (χ1) is 14.9. The molecule has 3 heterocycles. The van der Waals surface area contributed by atoms with Crippen molar-refractivity contribution in [3.05, 3.63) is 85.5 Å². The van der Waals surface area contributed by atoms with Crippen LogP contribution in [0.4, 0.5) is 8.78 Å². The van der Waals surface area contributed by atoms with E-state index in [1.807, 2.05) is 0 Å². The van der Waals surface area contributed by atoms with Crippen molar-refractivity contribution in [2.24, 2.45) is 7.05 Å². The number of nitrogens with zero attached hydrogens (tertiary/aromatic N) is 5. The largest absolute Gasteiger partial charge is 0.329 e. The molecule has 1 N–H and O–H groups in total. The lowest BCUT2D eigenvalue weighted by molar-refractivity contribution is 0.626. The van der Waals surface area contributed by atoms with Gasteiger partial charge in [0.05, 0.1) is 17.1 Å². The Morgan fingerprint density at radius 3 is 2.52 bits per heavy atom. The number of hydrogen-bond donors (Lipinski definition) is 1. The van der Waals surface area contributed by atoms with Gasteiger partial charge in [0, 0.05) is 7.05 Å². The van der Waals surface area contributed by atoms with Crippen LogP contribution in [-0.4, -0.2) is 28.7 Å². The first kappa shape index (κ1) is 19.2. The van der Waals surface area contributed by atoms with Gasteiger partial charge in [0.15, 0.2) is 17.0 Å². The number of benzene rings is 2. The van der Waals surface area contributed by atoms with E-state index in [0.29, 0.717) is 5.56 Å². The highest BCUT2D eigenvalue weighted by Crippen LogP contribution is 2.31. The molecule has 5 rings (SSSR count). The number of nitrogens with one attached hydrogen (secondary N) is 1. The second-order valence-electron chi connectivity index (χ2n) is 6.96. The summed E-state index contributed by atoms with van der Waals surface area (Å²) in [5, 5.41) is 8.34. The number of aryl methyl sites for hydroxylation is 1. The molecule has 0 amide bonds. The van der Waals surface area contributed by atoms with Crippen LogP contribution < -0.4 is 11.2 Å². The van der Waals surface area contributed by atoms with Crippen molar-refractivity contribution in [2.45, 2.75) is 6.54 Å². The molecular weight excluding hydrogens is 430 g/mol. The Morgan fingerprint density at radius 1 is 1.06 bits per heavy atom. The van der Waals surface area contributed by atoms with Crippen LogP contribution in [0, 0.1) is 11.6 Å². The smallest absolute Gasteiger partial charge is 0.298 e. The average Bonchev–Trinajstić information content (AvgIpc) is 3.27. The highest BCUT2D eigenvalue weighted by atomic mass is 35.5. The van der Waals surface area contributed by atoms with Crippen LogP contribution in [0.25, 0.3) is 28.3 Å². The number of H-pyrrole nitrogens is 1. The number of hydrogen-bond acceptors (Lipinski definition) is 4. The van der Waals surface area contributed by atoms with Gasteiger partial charge in [-0.1, -0.05) is 29.8 Å².